The van der Waals surface area contributed by atoms with Crippen LogP contribution in [0.15, 0.2) is 12.5 Å². The third-order valence-corrected chi connectivity index (χ3v) is 1.89. The number of aromatic amines is 1. The summed E-state index contributed by atoms with van der Waals surface area (Å²) in [7, 11) is 1.37. The van der Waals surface area contributed by atoms with Gasteiger partial charge in [-0.3, -0.25) is 4.79 Å². The summed E-state index contributed by atoms with van der Waals surface area (Å²) in [6.45, 7) is -0.160. The summed E-state index contributed by atoms with van der Waals surface area (Å²) in [5.74, 6) is -1.56. The van der Waals surface area contributed by atoms with E-state index in [0.29, 0.717) is 5.69 Å². The zero-order valence-electron chi connectivity index (χ0n) is 8.77. The molecule has 0 aliphatic carbocycles. The lowest BCUT2D eigenvalue weighted by molar-refractivity contribution is -0.142. The second-order valence-electron chi connectivity index (χ2n) is 3.17. The van der Waals surface area contributed by atoms with E-state index in [1.54, 1.807) is 0 Å². The monoisotopic (exact) mass is 227 g/mol. The molecule has 7 nitrogen and oxygen atoms in total. The Kier molecular flexibility index (Phi) is 4.46. The van der Waals surface area contributed by atoms with Gasteiger partial charge in [0.25, 0.3) is 0 Å². The number of carboxylic acids is 1. The smallest absolute Gasteiger partial charge is 0.326 e. The number of aliphatic carboxylic acids is 1. The predicted octanol–water partition coefficient (Wildman–Crippen LogP) is -0.832. The van der Waals surface area contributed by atoms with E-state index < -0.39 is 17.9 Å². The van der Waals surface area contributed by atoms with Crippen molar-refractivity contribution in [3.63, 3.8) is 0 Å². The fourth-order valence-electron chi connectivity index (χ4n) is 1.18. The van der Waals surface area contributed by atoms with Crippen molar-refractivity contribution < 1.29 is 19.4 Å². The molecule has 1 rings (SSSR count). The number of imidazole rings is 1. The van der Waals surface area contributed by atoms with Crippen LogP contribution in [0.2, 0.25) is 0 Å². The fraction of sp³-hybridized carbons (Fsp3) is 0.444. The molecule has 3 N–H and O–H groups in total. The van der Waals surface area contributed by atoms with Crippen LogP contribution in [-0.2, 0) is 20.7 Å². The SMILES string of the molecule is COCC(=O)N[C@H](Cc1cnc[nH]1)C(=O)O. The van der Waals surface area contributed by atoms with Gasteiger partial charge in [0.05, 0.1) is 6.33 Å². The largest absolute Gasteiger partial charge is 0.480 e. The molecule has 0 aromatic carbocycles. The van der Waals surface area contributed by atoms with E-state index >= 15 is 0 Å². The molecule has 0 spiro atoms. The number of nitrogens with one attached hydrogen (secondary N) is 2. The predicted molar refractivity (Wildman–Crippen MR) is 53.7 cm³/mol. The van der Waals surface area contributed by atoms with Crippen LogP contribution in [-0.4, -0.2) is 46.7 Å². The average Bonchev–Trinajstić information content (AvgIpc) is 2.69. The van der Waals surface area contributed by atoms with Gasteiger partial charge in [-0.05, 0) is 0 Å². The van der Waals surface area contributed by atoms with E-state index in [0.717, 1.165) is 0 Å². The number of H-pyrrole nitrogens is 1. The normalized spacial score (nSPS) is 12.1. The summed E-state index contributed by atoms with van der Waals surface area (Å²) >= 11 is 0. The minimum absolute atomic E-state index is 0.158. The van der Waals surface area contributed by atoms with Gasteiger partial charge in [0, 0.05) is 25.4 Å². The number of amides is 1. The van der Waals surface area contributed by atoms with E-state index in [4.69, 9.17) is 5.11 Å². The van der Waals surface area contributed by atoms with Crippen molar-refractivity contribution in [2.45, 2.75) is 12.5 Å². The van der Waals surface area contributed by atoms with Crippen LogP contribution in [0.25, 0.3) is 0 Å². The molecule has 0 aliphatic heterocycles. The molecule has 1 aromatic heterocycles. The van der Waals surface area contributed by atoms with Gasteiger partial charge in [0.15, 0.2) is 0 Å². The van der Waals surface area contributed by atoms with E-state index in [1.165, 1.54) is 19.6 Å². The van der Waals surface area contributed by atoms with Gasteiger partial charge < -0.3 is 20.1 Å². The number of rotatable bonds is 6. The Morgan fingerprint density at radius 3 is 2.94 bits per heavy atom. The van der Waals surface area contributed by atoms with Crippen molar-refractivity contribution in [2.75, 3.05) is 13.7 Å². The minimum atomic E-state index is -1.10. The van der Waals surface area contributed by atoms with Crippen LogP contribution in [0.3, 0.4) is 0 Å². The Morgan fingerprint density at radius 2 is 2.44 bits per heavy atom. The molecule has 1 aromatic rings. The lowest BCUT2D eigenvalue weighted by Gasteiger charge is -2.12. The molecule has 88 valence electrons. The van der Waals surface area contributed by atoms with E-state index in [9.17, 15) is 9.59 Å². The maximum absolute atomic E-state index is 11.2. The Bertz CT molecular complexity index is 350. The Hall–Kier alpha value is -1.89. The lowest BCUT2D eigenvalue weighted by Crippen LogP contribution is -2.43. The summed E-state index contributed by atoms with van der Waals surface area (Å²) in [6, 6.07) is -0.983. The van der Waals surface area contributed by atoms with Gasteiger partial charge in [-0.25, -0.2) is 9.78 Å². The van der Waals surface area contributed by atoms with E-state index in [1.807, 2.05) is 0 Å². The third kappa shape index (κ3) is 3.70. The third-order valence-electron chi connectivity index (χ3n) is 1.89. The second kappa shape index (κ2) is 5.86. The van der Waals surface area contributed by atoms with Crippen molar-refractivity contribution >= 4 is 11.9 Å². The molecule has 0 saturated carbocycles. The van der Waals surface area contributed by atoms with Crippen molar-refractivity contribution in [1.82, 2.24) is 15.3 Å². The number of aromatic nitrogens is 2. The zero-order valence-corrected chi connectivity index (χ0v) is 8.77. The molecule has 0 fully saturated rings. The van der Waals surface area contributed by atoms with Gasteiger partial charge in [0.1, 0.15) is 12.6 Å². The molecule has 1 heterocycles. The minimum Gasteiger partial charge on any atom is -0.480 e. The molecule has 0 aliphatic rings. The van der Waals surface area contributed by atoms with E-state index in [2.05, 4.69) is 20.0 Å². The number of ether oxygens (including phenoxy) is 1. The molecular weight excluding hydrogens is 214 g/mol. The van der Waals surface area contributed by atoms with Crippen LogP contribution < -0.4 is 5.32 Å². The Balaban J connectivity index is 2.54. The highest BCUT2D eigenvalue weighted by atomic mass is 16.5. The number of nitrogens with zero attached hydrogens (tertiary/aromatic N) is 1. The average molecular weight is 227 g/mol. The van der Waals surface area contributed by atoms with Crippen molar-refractivity contribution in [2.24, 2.45) is 0 Å². The molecular formula is C9H13N3O4. The molecule has 1 atom stereocenters. The van der Waals surface area contributed by atoms with Crippen LogP contribution in [0.5, 0.6) is 0 Å². The maximum Gasteiger partial charge on any atom is 0.326 e. The molecule has 7 heteroatoms. The van der Waals surface area contributed by atoms with Crippen molar-refractivity contribution in [3.05, 3.63) is 18.2 Å². The van der Waals surface area contributed by atoms with Crippen LogP contribution >= 0.6 is 0 Å². The first kappa shape index (κ1) is 12.2. The molecule has 1 amide bonds. The summed E-state index contributed by atoms with van der Waals surface area (Å²) in [5.41, 5.74) is 0.644. The fourth-order valence-corrected chi connectivity index (χ4v) is 1.18. The topological polar surface area (TPSA) is 104 Å². The number of methoxy groups -OCH3 is 1. The number of hydrogen-bond donors (Lipinski definition) is 3. The first-order chi connectivity index (χ1) is 7.63. The number of carbonyl (C=O) groups is 2. The van der Waals surface area contributed by atoms with Crippen molar-refractivity contribution in [1.29, 1.82) is 0 Å². The highest BCUT2D eigenvalue weighted by molar-refractivity contribution is 5.84. The standard InChI is InChI=1S/C9H13N3O4/c1-16-4-8(13)12-7(9(14)15)2-6-3-10-5-11-6/h3,5,7H,2,4H2,1H3,(H,10,11)(H,12,13)(H,14,15)/t7-/m1/s1. The van der Waals surface area contributed by atoms with Gasteiger partial charge in [-0.1, -0.05) is 0 Å². The van der Waals surface area contributed by atoms with Crippen LogP contribution in [0.1, 0.15) is 5.69 Å². The molecule has 16 heavy (non-hydrogen) atoms. The first-order valence-electron chi connectivity index (χ1n) is 4.62. The summed E-state index contributed by atoms with van der Waals surface area (Å²) < 4.78 is 4.59. The number of carboxylic acid groups (broad SMARTS) is 1. The van der Waals surface area contributed by atoms with Gasteiger partial charge in [0.2, 0.25) is 5.91 Å². The Labute approximate surface area is 91.8 Å². The highest BCUT2D eigenvalue weighted by Gasteiger charge is 2.20. The maximum atomic E-state index is 11.2. The van der Waals surface area contributed by atoms with Gasteiger partial charge in [-0.15, -0.1) is 0 Å². The molecule has 0 radical (unpaired) electrons. The molecule has 0 bridgehead atoms. The van der Waals surface area contributed by atoms with Crippen LogP contribution in [0.4, 0.5) is 0 Å². The summed E-state index contributed by atoms with van der Waals surface area (Å²) in [4.78, 5) is 28.6. The summed E-state index contributed by atoms with van der Waals surface area (Å²) in [5, 5.41) is 11.2. The number of carbonyl (C=O) groups excluding carboxylic acids is 1. The van der Waals surface area contributed by atoms with Crippen molar-refractivity contribution in [3.8, 4) is 0 Å². The number of hydrogen-bond acceptors (Lipinski definition) is 4. The Morgan fingerprint density at radius 1 is 1.69 bits per heavy atom. The molecule has 0 unspecified atom stereocenters. The molecule has 0 saturated heterocycles. The van der Waals surface area contributed by atoms with Gasteiger partial charge >= 0.3 is 5.97 Å². The summed E-state index contributed by atoms with van der Waals surface area (Å²) in [6.07, 6.45) is 3.12. The van der Waals surface area contributed by atoms with E-state index in [-0.39, 0.29) is 13.0 Å². The first-order valence-corrected chi connectivity index (χ1v) is 4.62. The van der Waals surface area contributed by atoms with Gasteiger partial charge in [-0.2, -0.15) is 0 Å². The lowest BCUT2D eigenvalue weighted by atomic mass is 10.1. The highest BCUT2D eigenvalue weighted by Crippen LogP contribution is 1.98. The zero-order chi connectivity index (χ0) is 12.0. The van der Waals surface area contributed by atoms with Crippen LogP contribution in [0, 0.1) is 0 Å². The quantitative estimate of drug-likeness (QED) is 0.588. The second-order valence-corrected chi connectivity index (χ2v) is 3.17.